The monoisotopic (exact) mass is 494 g/mol. The van der Waals surface area contributed by atoms with Crippen molar-refractivity contribution in [1.29, 1.82) is 0 Å². The summed E-state index contributed by atoms with van der Waals surface area (Å²) in [5.41, 5.74) is 4.34. The van der Waals surface area contributed by atoms with E-state index >= 15 is 0 Å². The molecule has 6 rings (SSSR count). The van der Waals surface area contributed by atoms with E-state index in [1.165, 1.54) is 0 Å². The van der Waals surface area contributed by atoms with Gasteiger partial charge in [0.05, 0.1) is 0 Å². The average Bonchev–Trinajstić information content (AvgIpc) is 3.49. The minimum Gasteiger partial charge on any atom is -0.338 e. The highest BCUT2D eigenvalue weighted by molar-refractivity contribution is 6.53. The molecule has 37 heavy (non-hydrogen) atoms. The van der Waals surface area contributed by atoms with Crippen LogP contribution < -0.4 is 0 Å². The van der Waals surface area contributed by atoms with Crippen molar-refractivity contribution in [1.82, 2.24) is 19.5 Å². The van der Waals surface area contributed by atoms with E-state index in [4.69, 9.17) is 0 Å². The predicted octanol–water partition coefficient (Wildman–Crippen LogP) is 5.17. The zero-order valence-electron chi connectivity index (χ0n) is 21.2. The lowest BCUT2D eigenvalue weighted by Gasteiger charge is -2.14. The van der Waals surface area contributed by atoms with E-state index in [9.17, 15) is 19.2 Å². The van der Waals surface area contributed by atoms with Crippen molar-refractivity contribution in [3.63, 3.8) is 0 Å². The van der Waals surface area contributed by atoms with E-state index in [1.807, 2.05) is 52.0 Å². The Labute approximate surface area is 213 Å². The number of aromatic amines is 1. The van der Waals surface area contributed by atoms with Crippen molar-refractivity contribution in [2.24, 2.45) is 7.05 Å². The maximum Gasteiger partial charge on any atom is 0.252 e. The van der Waals surface area contributed by atoms with Gasteiger partial charge in [0.2, 0.25) is 11.6 Å². The molecule has 0 spiro atoms. The number of ketones is 4. The quantitative estimate of drug-likeness (QED) is 0.385. The molecule has 0 amide bonds. The first-order valence-electron chi connectivity index (χ1n) is 12.1. The number of carbonyl (C=O) groups excluding carboxylic acids is 4. The topological polar surface area (TPSA) is 115 Å². The molecule has 2 heterocycles. The summed E-state index contributed by atoms with van der Waals surface area (Å²) in [4.78, 5) is 60.3. The van der Waals surface area contributed by atoms with Crippen LogP contribution in [0.1, 0.15) is 92.9 Å². The zero-order chi connectivity index (χ0) is 26.6. The molecule has 0 radical (unpaired) electrons. The Kier molecular flexibility index (Phi) is 5.82. The van der Waals surface area contributed by atoms with Crippen molar-refractivity contribution >= 4 is 23.1 Å². The average molecular weight is 495 g/mol. The molecule has 0 unspecified atom stereocenters. The van der Waals surface area contributed by atoms with Crippen LogP contribution in [-0.4, -0.2) is 42.7 Å². The Morgan fingerprint density at radius 1 is 0.649 bits per heavy atom. The summed E-state index contributed by atoms with van der Waals surface area (Å²) in [6.07, 6.45) is 0. The summed E-state index contributed by atoms with van der Waals surface area (Å²) in [6.45, 7) is 8.02. The molecule has 1 N–H and O–H groups in total. The number of imidazole rings is 2. The third-order valence-corrected chi connectivity index (χ3v) is 6.62. The third kappa shape index (κ3) is 3.76. The molecular formula is C29H26N4O4. The molecule has 2 aromatic carbocycles. The van der Waals surface area contributed by atoms with Crippen LogP contribution in [0, 0.1) is 0 Å². The maximum atomic E-state index is 12.2. The summed E-state index contributed by atoms with van der Waals surface area (Å²) in [7, 11) is 1.79. The smallest absolute Gasteiger partial charge is 0.252 e. The molecule has 0 saturated heterocycles. The normalized spacial score (nSPS) is 13.7. The molecule has 0 atom stereocenters. The molecule has 2 aliphatic rings. The second kappa shape index (κ2) is 8.89. The Morgan fingerprint density at radius 3 is 1.70 bits per heavy atom. The number of hydrogen-bond acceptors (Lipinski definition) is 6. The number of fused-ring (bicyclic) bond motifs is 6. The van der Waals surface area contributed by atoms with Crippen LogP contribution in [0.3, 0.4) is 0 Å². The van der Waals surface area contributed by atoms with Crippen molar-refractivity contribution in [2.45, 2.75) is 39.5 Å². The van der Waals surface area contributed by atoms with Crippen LogP contribution in [0.15, 0.2) is 48.5 Å². The summed E-state index contributed by atoms with van der Waals surface area (Å²) in [5, 5.41) is 0. The van der Waals surface area contributed by atoms with Gasteiger partial charge < -0.3 is 9.55 Å². The second-order valence-corrected chi connectivity index (χ2v) is 9.79. The van der Waals surface area contributed by atoms with Crippen molar-refractivity contribution in [3.8, 4) is 22.5 Å². The number of benzene rings is 2. The molecule has 0 saturated carbocycles. The Balaban J connectivity index is 0.000000152. The SMILES string of the molecule is CC(C)c1nc2c([nH]1)C(=O)C(=O)c1ccccc1-2.CC(C)c1nc2c(n1C)C(=O)C(=O)c1ccccc1-2. The minimum absolute atomic E-state index is 0.186. The number of carbonyl (C=O) groups is 4. The third-order valence-electron chi connectivity index (χ3n) is 6.62. The lowest BCUT2D eigenvalue weighted by molar-refractivity contribution is 0.0810. The Hall–Kier alpha value is -4.46. The van der Waals surface area contributed by atoms with Gasteiger partial charge in [0, 0.05) is 41.1 Å². The first kappa shape index (κ1) is 24.2. The molecule has 2 aromatic heterocycles. The summed E-state index contributed by atoms with van der Waals surface area (Å²) >= 11 is 0. The van der Waals surface area contributed by atoms with Crippen molar-refractivity contribution in [3.05, 3.63) is 82.7 Å². The lowest BCUT2D eigenvalue weighted by Crippen LogP contribution is -2.23. The van der Waals surface area contributed by atoms with Crippen LogP contribution in [0.2, 0.25) is 0 Å². The summed E-state index contributed by atoms with van der Waals surface area (Å²) in [6, 6.07) is 14.2. The molecule has 186 valence electrons. The van der Waals surface area contributed by atoms with E-state index in [2.05, 4.69) is 15.0 Å². The minimum atomic E-state index is -0.497. The van der Waals surface area contributed by atoms with Crippen molar-refractivity contribution in [2.75, 3.05) is 0 Å². The number of rotatable bonds is 2. The van der Waals surface area contributed by atoms with Crippen LogP contribution in [0.5, 0.6) is 0 Å². The van der Waals surface area contributed by atoms with Gasteiger partial charge in [-0.1, -0.05) is 76.2 Å². The van der Waals surface area contributed by atoms with Gasteiger partial charge in [0.1, 0.15) is 34.4 Å². The van der Waals surface area contributed by atoms with Crippen LogP contribution in [-0.2, 0) is 7.05 Å². The lowest BCUT2D eigenvalue weighted by atomic mass is 9.90. The van der Waals surface area contributed by atoms with Gasteiger partial charge in [0.15, 0.2) is 0 Å². The van der Waals surface area contributed by atoms with Gasteiger partial charge in [0.25, 0.3) is 11.6 Å². The second-order valence-electron chi connectivity index (χ2n) is 9.79. The molecule has 0 bridgehead atoms. The molecule has 2 aliphatic carbocycles. The van der Waals surface area contributed by atoms with Crippen LogP contribution >= 0.6 is 0 Å². The zero-order valence-corrected chi connectivity index (χ0v) is 21.2. The number of hydrogen-bond donors (Lipinski definition) is 1. The summed E-state index contributed by atoms with van der Waals surface area (Å²) in [5.74, 6) is 0.0780. The molecule has 0 fully saturated rings. The highest BCUT2D eigenvalue weighted by atomic mass is 16.2. The molecule has 8 heteroatoms. The fraction of sp³-hybridized carbons (Fsp3) is 0.241. The Bertz CT molecular complexity index is 1620. The molecule has 0 aliphatic heterocycles. The van der Waals surface area contributed by atoms with E-state index in [-0.39, 0.29) is 11.8 Å². The fourth-order valence-corrected chi connectivity index (χ4v) is 4.75. The van der Waals surface area contributed by atoms with Gasteiger partial charge in [-0.3, -0.25) is 19.2 Å². The number of H-pyrrole nitrogens is 1. The van der Waals surface area contributed by atoms with Gasteiger partial charge in [-0.2, -0.15) is 0 Å². The highest BCUT2D eigenvalue weighted by Crippen LogP contribution is 2.35. The molecule has 4 aromatic rings. The standard InChI is InChI=1S/C15H14N2O2.C14H12N2O2/c1-8(2)15-16-11-9-6-4-5-7-10(9)13(18)14(19)12(11)17(15)3;1-7(2)14-15-10-8-5-3-4-6-9(8)12(17)13(18)11(10)16-14/h4-8H,1-3H3;3-7H,1-2H3,(H,15,16). The molecular weight excluding hydrogens is 468 g/mol. The van der Waals surface area contributed by atoms with E-state index in [1.54, 1.807) is 35.9 Å². The van der Waals surface area contributed by atoms with E-state index in [0.29, 0.717) is 33.9 Å². The summed E-state index contributed by atoms with van der Waals surface area (Å²) < 4.78 is 1.75. The van der Waals surface area contributed by atoms with Crippen molar-refractivity contribution < 1.29 is 19.2 Å². The number of aromatic nitrogens is 4. The largest absolute Gasteiger partial charge is 0.338 e. The number of Topliss-reactive ketones (excluding diaryl/α,β-unsaturated/α-hetero) is 4. The van der Waals surface area contributed by atoms with Gasteiger partial charge in [-0.05, 0) is 0 Å². The van der Waals surface area contributed by atoms with Gasteiger partial charge in [-0.25, -0.2) is 9.97 Å². The first-order valence-corrected chi connectivity index (χ1v) is 12.1. The molecule has 8 nitrogen and oxygen atoms in total. The predicted molar refractivity (Wildman–Crippen MR) is 138 cm³/mol. The first-order chi connectivity index (χ1) is 17.6. The van der Waals surface area contributed by atoms with Crippen LogP contribution in [0.25, 0.3) is 22.5 Å². The van der Waals surface area contributed by atoms with Gasteiger partial charge in [-0.15, -0.1) is 0 Å². The van der Waals surface area contributed by atoms with E-state index in [0.717, 1.165) is 22.8 Å². The Morgan fingerprint density at radius 2 is 1.16 bits per heavy atom. The maximum absolute atomic E-state index is 12.2. The fourth-order valence-electron chi connectivity index (χ4n) is 4.75. The van der Waals surface area contributed by atoms with Gasteiger partial charge >= 0.3 is 0 Å². The number of nitrogens with zero attached hydrogens (tertiary/aromatic N) is 3. The number of nitrogens with one attached hydrogen (secondary N) is 1. The van der Waals surface area contributed by atoms with E-state index < -0.39 is 23.1 Å². The van der Waals surface area contributed by atoms with Crippen LogP contribution in [0.4, 0.5) is 0 Å². The highest BCUT2D eigenvalue weighted by Gasteiger charge is 2.35.